The average molecular weight is 455 g/mol. The first-order valence-electron chi connectivity index (χ1n) is 9.30. The summed E-state index contributed by atoms with van der Waals surface area (Å²) in [7, 11) is -3.82. The highest BCUT2D eigenvalue weighted by Gasteiger charge is 2.17. The van der Waals surface area contributed by atoms with Crippen LogP contribution >= 0.6 is 11.3 Å². The molecule has 0 aliphatic carbocycles. The molecule has 1 heterocycles. The molecule has 0 saturated heterocycles. The lowest BCUT2D eigenvalue weighted by Gasteiger charge is -2.06. The quantitative estimate of drug-likeness (QED) is 0.402. The van der Waals surface area contributed by atoms with Crippen molar-refractivity contribution in [3.8, 4) is 10.9 Å². The minimum Gasteiger partial charge on any atom is -0.507 e. The van der Waals surface area contributed by atoms with Crippen LogP contribution in [0.5, 0.6) is 10.9 Å². The van der Waals surface area contributed by atoms with Crippen molar-refractivity contribution in [1.82, 2.24) is 10.2 Å². The summed E-state index contributed by atoms with van der Waals surface area (Å²) in [4.78, 5) is 4.44. The number of nitrogens with one attached hydrogen (secondary N) is 1. The Hall–Kier alpha value is -3.50. The van der Waals surface area contributed by atoms with Gasteiger partial charge in [0.2, 0.25) is 5.13 Å². The van der Waals surface area contributed by atoms with E-state index in [0.29, 0.717) is 23.1 Å². The predicted molar refractivity (Wildman–Crippen MR) is 121 cm³/mol. The van der Waals surface area contributed by atoms with Crippen LogP contribution in [0.4, 0.5) is 10.8 Å². The first-order valence-corrected chi connectivity index (χ1v) is 11.6. The molecule has 0 aliphatic heterocycles. The Bertz CT molecular complexity index is 1350. The van der Waals surface area contributed by atoms with Gasteiger partial charge in [0.25, 0.3) is 15.2 Å². The van der Waals surface area contributed by atoms with Crippen molar-refractivity contribution in [2.75, 3.05) is 11.3 Å². The number of fused-ring (bicyclic) bond motifs is 1. The van der Waals surface area contributed by atoms with Crippen molar-refractivity contribution in [2.45, 2.75) is 11.8 Å². The van der Waals surface area contributed by atoms with E-state index in [2.05, 4.69) is 19.9 Å². The first-order chi connectivity index (χ1) is 15.0. The molecule has 31 heavy (non-hydrogen) atoms. The largest absolute Gasteiger partial charge is 0.507 e. The third-order valence-corrected chi connectivity index (χ3v) is 6.57. The van der Waals surface area contributed by atoms with Crippen LogP contribution in [-0.4, -0.2) is 36.5 Å². The lowest BCUT2D eigenvalue weighted by Crippen LogP contribution is -2.12. The molecule has 10 heteroatoms. The molecule has 0 fully saturated rings. The smallest absolute Gasteiger partial charge is 0.295 e. The van der Waals surface area contributed by atoms with Crippen molar-refractivity contribution in [1.29, 1.82) is 0 Å². The summed E-state index contributed by atoms with van der Waals surface area (Å²) in [5.41, 5.74) is 1.14. The molecule has 0 saturated carbocycles. The number of benzene rings is 3. The molecule has 0 radical (unpaired) electrons. The van der Waals surface area contributed by atoms with Gasteiger partial charge in [-0.15, -0.1) is 5.10 Å². The SMILES string of the molecule is CCOc1nnc(NS(=O)(=O)c2ccc(/N=C/c3c(O)ccc4ccccc34)cc2)s1. The average Bonchev–Trinajstić information content (AvgIpc) is 3.20. The number of phenols is 1. The first kappa shape index (κ1) is 20.8. The Morgan fingerprint density at radius 1 is 1.10 bits per heavy atom. The van der Waals surface area contributed by atoms with Gasteiger partial charge in [0.1, 0.15) is 5.75 Å². The van der Waals surface area contributed by atoms with Gasteiger partial charge in [-0.05, 0) is 59.4 Å². The second-order valence-electron chi connectivity index (χ2n) is 6.38. The topological polar surface area (TPSA) is 114 Å². The Labute approximate surface area is 182 Å². The van der Waals surface area contributed by atoms with Crippen LogP contribution in [0, 0.1) is 0 Å². The van der Waals surface area contributed by atoms with E-state index >= 15 is 0 Å². The van der Waals surface area contributed by atoms with Crippen molar-refractivity contribution < 1.29 is 18.3 Å². The highest BCUT2D eigenvalue weighted by molar-refractivity contribution is 7.93. The minimum atomic E-state index is -3.82. The van der Waals surface area contributed by atoms with E-state index in [4.69, 9.17) is 4.74 Å². The maximum atomic E-state index is 12.6. The highest BCUT2D eigenvalue weighted by Crippen LogP contribution is 2.27. The maximum Gasteiger partial charge on any atom is 0.295 e. The van der Waals surface area contributed by atoms with E-state index < -0.39 is 10.0 Å². The van der Waals surface area contributed by atoms with Crippen LogP contribution in [0.3, 0.4) is 0 Å². The highest BCUT2D eigenvalue weighted by atomic mass is 32.2. The van der Waals surface area contributed by atoms with E-state index in [1.54, 1.807) is 31.3 Å². The van der Waals surface area contributed by atoms with Crippen LogP contribution in [0.15, 0.2) is 70.6 Å². The van der Waals surface area contributed by atoms with Crippen LogP contribution < -0.4 is 9.46 Å². The zero-order valence-corrected chi connectivity index (χ0v) is 18.0. The molecule has 4 rings (SSSR count). The van der Waals surface area contributed by atoms with Gasteiger partial charge in [-0.3, -0.25) is 9.71 Å². The number of hydrogen-bond acceptors (Lipinski definition) is 8. The molecule has 0 bridgehead atoms. The van der Waals surface area contributed by atoms with Gasteiger partial charge in [-0.2, -0.15) is 0 Å². The summed E-state index contributed by atoms with van der Waals surface area (Å²) in [5.74, 6) is 0.120. The maximum absolute atomic E-state index is 12.6. The molecule has 0 amide bonds. The molecule has 4 aromatic rings. The predicted octanol–water partition coefficient (Wildman–Crippen LogP) is 4.35. The normalized spacial score (nSPS) is 11.8. The van der Waals surface area contributed by atoms with Gasteiger partial charge in [0.15, 0.2) is 0 Å². The summed E-state index contributed by atoms with van der Waals surface area (Å²) in [5, 5.41) is 20.0. The fraction of sp³-hybridized carbons (Fsp3) is 0.0952. The molecule has 2 N–H and O–H groups in total. The number of aromatic hydroxyl groups is 1. The zero-order valence-electron chi connectivity index (χ0n) is 16.4. The fourth-order valence-electron chi connectivity index (χ4n) is 2.88. The summed E-state index contributed by atoms with van der Waals surface area (Å²) in [6, 6.07) is 17.2. The summed E-state index contributed by atoms with van der Waals surface area (Å²) in [6.07, 6.45) is 1.57. The van der Waals surface area contributed by atoms with E-state index in [1.807, 2.05) is 30.3 Å². The molecule has 8 nitrogen and oxygen atoms in total. The Morgan fingerprint density at radius 2 is 1.87 bits per heavy atom. The van der Waals surface area contributed by atoms with E-state index in [-0.39, 0.29) is 15.8 Å². The van der Waals surface area contributed by atoms with Gasteiger partial charge < -0.3 is 9.84 Å². The van der Waals surface area contributed by atoms with Gasteiger partial charge in [-0.1, -0.05) is 35.4 Å². The van der Waals surface area contributed by atoms with Crippen LogP contribution in [0.25, 0.3) is 10.8 Å². The molecule has 158 valence electrons. The van der Waals surface area contributed by atoms with E-state index in [0.717, 1.165) is 22.1 Å². The van der Waals surface area contributed by atoms with Crippen LogP contribution in [0.1, 0.15) is 12.5 Å². The number of sulfonamides is 1. The molecule has 0 atom stereocenters. The number of anilines is 1. The molecular formula is C21H18N4O4S2. The van der Waals surface area contributed by atoms with Gasteiger partial charge in [0, 0.05) is 11.8 Å². The van der Waals surface area contributed by atoms with Crippen LogP contribution in [0.2, 0.25) is 0 Å². The lowest BCUT2D eigenvalue weighted by molar-refractivity contribution is 0.335. The Kier molecular flexibility index (Phi) is 5.83. The second kappa shape index (κ2) is 8.70. The monoisotopic (exact) mass is 454 g/mol. The number of phenolic OH excluding ortho intramolecular Hbond substituents is 1. The Balaban J connectivity index is 1.54. The summed E-state index contributed by atoms with van der Waals surface area (Å²) < 4.78 is 32.7. The summed E-state index contributed by atoms with van der Waals surface area (Å²) >= 11 is 1.01. The van der Waals surface area contributed by atoms with Gasteiger partial charge >= 0.3 is 0 Å². The lowest BCUT2D eigenvalue weighted by atomic mass is 10.0. The van der Waals surface area contributed by atoms with Crippen molar-refractivity contribution in [2.24, 2.45) is 4.99 Å². The van der Waals surface area contributed by atoms with E-state index in [1.165, 1.54) is 12.1 Å². The number of aliphatic imine (C=N–C) groups is 1. The Morgan fingerprint density at radius 3 is 2.65 bits per heavy atom. The van der Waals surface area contributed by atoms with Gasteiger partial charge in [-0.25, -0.2) is 8.42 Å². The van der Waals surface area contributed by atoms with Gasteiger partial charge in [0.05, 0.1) is 17.2 Å². The standard InChI is InChI=1S/C21H18N4O4S2/c1-2-29-21-24-23-20(30-21)25-31(27,28)16-10-8-15(9-11-16)22-13-18-17-6-4-3-5-14(17)7-12-19(18)26/h3-13,26H,2H2,1H3,(H,23,25)/b22-13+. The fourth-order valence-corrected chi connectivity index (χ4v) is 4.76. The number of aromatic nitrogens is 2. The molecule has 0 spiro atoms. The number of ether oxygens (including phenoxy) is 1. The third kappa shape index (κ3) is 4.65. The number of rotatable bonds is 7. The number of nitrogens with zero attached hydrogens (tertiary/aromatic N) is 3. The molecular weight excluding hydrogens is 436 g/mol. The summed E-state index contributed by atoms with van der Waals surface area (Å²) in [6.45, 7) is 2.22. The molecule has 1 aromatic heterocycles. The molecule has 0 aliphatic rings. The van der Waals surface area contributed by atoms with Crippen molar-refractivity contribution >= 4 is 49.2 Å². The number of hydrogen-bond donors (Lipinski definition) is 2. The molecule has 3 aromatic carbocycles. The van der Waals surface area contributed by atoms with Crippen molar-refractivity contribution in [3.05, 3.63) is 66.2 Å². The molecule has 0 unspecified atom stereocenters. The minimum absolute atomic E-state index is 0.0626. The zero-order chi connectivity index (χ0) is 21.8. The van der Waals surface area contributed by atoms with E-state index in [9.17, 15) is 13.5 Å². The van der Waals surface area contributed by atoms with Crippen LogP contribution in [-0.2, 0) is 10.0 Å². The third-order valence-electron chi connectivity index (χ3n) is 4.33. The second-order valence-corrected chi connectivity index (χ2v) is 9.01. The van der Waals surface area contributed by atoms with Crippen molar-refractivity contribution in [3.63, 3.8) is 0 Å².